The fourth-order valence-corrected chi connectivity index (χ4v) is 6.98. The molecule has 14 heteroatoms. The van der Waals surface area contributed by atoms with Gasteiger partial charge in [0, 0.05) is 61.4 Å². The quantitative estimate of drug-likeness (QED) is 0.188. The Balaban J connectivity index is 1.41. The van der Waals surface area contributed by atoms with Gasteiger partial charge >= 0.3 is 12.1 Å². The molecule has 0 spiro atoms. The van der Waals surface area contributed by atoms with Gasteiger partial charge in [-0.3, -0.25) is 9.48 Å². The van der Waals surface area contributed by atoms with Gasteiger partial charge in [-0.15, -0.1) is 0 Å². The van der Waals surface area contributed by atoms with Crippen molar-refractivity contribution in [1.29, 1.82) is 0 Å². The Kier molecular flexibility index (Phi) is 10.8. The van der Waals surface area contributed by atoms with Gasteiger partial charge in [0.2, 0.25) is 12.4 Å². The number of carboxylic acids is 1. The minimum Gasteiger partial charge on any atom is -0.481 e. The lowest BCUT2D eigenvalue weighted by atomic mass is 9.87. The van der Waals surface area contributed by atoms with Crippen molar-refractivity contribution >= 4 is 11.9 Å². The molecule has 1 aliphatic heterocycles. The second-order valence-electron chi connectivity index (χ2n) is 12.6. The maximum absolute atomic E-state index is 14.5. The molecule has 2 fully saturated rings. The highest BCUT2D eigenvalue weighted by Gasteiger charge is 2.42. The predicted octanol–water partition coefficient (Wildman–Crippen LogP) is 6.00. The van der Waals surface area contributed by atoms with E-state index in [2.05, 4.69) is 15.1 Å². The van der Waals surface area contributed by atoms with Crippen LogP contribution in [0.25, 0.3) is 11.1 Å². The number of aryl methyl sites for hydroxylation is 1. The van der Waals surface area contributed by atoms with Crippen molar-refractivity contribution < 1.29 is 37.3 Å². The summed E-state index contributed by atoms with van der Waals surface area (Å²) in [7, 11) is 1.79. The van der Waals surface area contributed by atoms with Crippen LogP contribution in [0.5, 0.6) is 0 Å². The number of carboxylic acid groups (broad SMARTS) is 1. The number of halogens is 4. The molecule has 10 nitrogen and oxygen atoms in total. The first-order valence-corrected chi connectivity index (χ1v) is 16.1. The number of hydrogen-bond acceptors (Lipinski definition) is 8. The Morgan fingerprint density at radius 3 is 2.19 bits per heavy atom. The summed E-state index contributed by atoms with van der Waals surface area (Å²) in [6.07, 6.45) is 5.06. The summed E-state index contributed by atoms with van der Waals surface area (Å²) in [5.41, 5.74) is 0.602. The molecule has 3 heterocycles. The van der Waals surface area contributed by atoms with Crippen LogP contribution < -0.4 is 4.90 Å². The van der Waals surface area contributed by atoms with Crippen LogP contribution in [0.3, 0.4) is 0 Å². The zero-order valence-electron chi connectivity index (χ0n) is 26.8. The first-order chi connectivity index (χ1) is 22.4. The summed E-state index contributed by atoms with van der Waals surface area (Å²) < 4.78 is 63.1. The van der Waals surface area contributed by atoms with E-state index in [4.69, 9.17) is 4.74 Å². The highest BCUT2D eigenvalue weighted by atomic mass is 19.4. The number of aliphatic carboxylic acids is 1. The Hall–Kier alpha value is -3.62. The number of hydrogen-bond donors (Lipinski definition) is 2. The number of aliphatic hydroxyl groups excluding tert-OH is 1. The zero-order chi connectivity index (χ0) is 33.9. The molecule has 1 saturated heterocycles. The molecule has 5 rings (SSSR count). The average molecular weight is 663 g/mol. The summed E-state index contributed by atoms with van der Waals surface area (Å²) in [5, 5.41) is 24.9. The number of rotatable bonds is 11. The smallest absolute Gasteiger partial charge is 0.416 e. The van der Waals surface area contributed by atoms with Crippen molar-refractivity contribution in [2.45, 2.75) is 109 Å². The molecule has 47 heavy (non-hydrogen) atoms. The van der Waals surface area contributed by atoms with E-state index in [1.807, 2.05) is 29.8 Å². The van der Waals surface area contributed by atoms with Gasteiger partial charge in [0.05, 0.1) is 23.8 Å². The molecule has 256 valence electrons. The minimum atomic E-state index is -4.71. The number of nitrogens with zero attached hydrogens (tertiary/aromatic N) is 6. The third-order valence-corrected chi connectivity index (χ3v) is 9.48. The third-order valence-electron chi connectivity index (χ3n) is 9.48. The summed E-state index contributed by atoms with van der Waals surface area (Å²) in [6, 6.07) is 1.99. The van der Waals surface area contributed by atoms with Crippen molar-refractivity contribution in [2.75, 3.05) is 4.90 Å². The number of likely N-dealkylation sites (tertiary alicyclic amines) is 1. The van der Waals surface area contributed by atoms with Crippen LogP contribution in [-0.2, 0) is 29.3 Å². The van der Waals surface area contributed by atoms with Crippen molar-refractivity contribution in [2.24, 2.45) is 13.0 Å². The maximum Gasteiger partial charge on any atom is 0.416 e. The molecule has 4 atom stereocenters. The Morgan fingerprint density at radius 1 is 1.02 bits per heavy atom. The number of benzene rings is 1. The molecule has 2 N–H and O–H groups in total. The number of aliphatic hydroxyl groups is 1. The standard InChI is InChI=1S/C33H42F4N6O4/c1-4-26-13-28(14-27(5-2)43(26)32(46)47-29-8-6-21(7-9-29)30(44)45)42(18-20-10-24(33(35,36)37)12-25(34)11-20)31-38-15-22(16-39-31)23-17-40-41(3)19-23/h10-12,15-17,19,21,26-29,32,46H,4-9,13-14,18H2,1-3H3,(H,44,45)/t21?,26-,27+,28?,29?,32?. The highest BCUT2D eigenvalue weighted by Crippen LogP contribution is 2.37. The monoisotopic (exact) mass is 662 g/mol. The van der Waals surface area contributed by atoms with Crippen LogP contribution in [0.2, 0.25) is 0 Å². The second kappa shape index (κ2) is 14.7. The minimum absolute atomic E-state index is 0.0590. The molecular weight excluding hydrogens is 620 g/mol. The Morgan fingerprint density at radius 2 is 1.66 bits per heavy atom. The van der Waals surface area contributed by atoms with Crippen molar-refractivity contribution in [3.05, 3.63) is 59.9 Å². The van der Waals surface area contributed by atoms with Crippen LogP contribution in [0, 0.1) is 11.7 Å². The van der Waals surface area contributed by atoms with Gasteiger partial charge in [0.1, 0.15) is 5.82 Å². The molecule has 1 aliphatic carbocycles. The fraction of sp³-hybridized carbons (Fsp3) is 0.576. The maximum atomic E-state index is 14.5. The summed E-state index contributed by atoms with van der Waals surface area (Å²) in [4.78, 5) is 24.4. The fourth-order valence-electron chi connectivity index (χ4n) is 6.98. The van der Waals surface area contributed by atoms with E-state index in [0.29, 0.717) is 63.4 Å². The largest absolute Gasteiger partial charge is 0.481 e. The lowest BCUT2D eigenvalue weighted by Gasteiger charge is -2.49. The predicted molar refractivity (Wildman–Crippen MR) is 165 cm³/mol. The van der Waals surface area contributed by atoms with E-state index in [0.717, 1.165) is 23.3 Å². The summed E-state index contributed by atoms with van der Waals surface area (Å²) in [6.45, 7) is 3.95. The number of alkyl halides is 3. The van der Waals surface area contributed by atoms with Crippen LogP contribution in [-0.4, -0.2) is 71.5 Å². The van der Waals surface area contributed by atoms with E-state index in [1.54, 1.807) is 30.3 Å². The van der Waals surface area contributed by atoms with Gasteiger partial charge in [0.15, 0.2) is 0 Å². The zero-order valence-corrected chi connectivity index (χ0v) is 26.8. The molecule has 1 aromatic carbocycles. The lowest BCUT2D eigenvalue weighted by molar-refractivity contribution is -0.252. The lowest BCUT2D eigenvalue weighted by Crippen LogP contribution is -2.59. The van der Waals surface area contributed by atoms with Gasteiger partial charge < -0.3 is 19.8 Å². The van der Waals surface area contributed by atoms with Gasteiger partial charge in [-0.25, -0.2) is 19.3 Å². The van der Waals surface area contributed by atoms with Crippen LogP contribution >= 0.6 is 0 Å². The second-order valence-corrected chi connectivity index (χ2v) is 12.6. The van der Waals surface area contributed by atoms with Gasteiger partial charge in [-0.1, -0.05) is 13.8 Å². The molecule has 2 unspecified atom stereocenters. The number of aromatic nitrogens is 4. The summed E-state index contributed by atoms with van der Waals surface area (Å²) in [5.74, 6) is -1.89. The molecule has 1 saturated carbocycles. The van der Waals surface area contributed by atoms with E-state index in [9.17, 15) is 32.6 Å². The highest BCUT2D eigenvalue weighted by molar-refractivity contribution is 5.70. The van der Waals surface area contributed by atoms with Crippen molar-refractivity contribution in [3.8, 4) is 11.1 Å². The number of anilines is 1. The van der Waals surface area contributed by atoms with E-state index in [1.165, 1.54) is 0 Å². The molecule has 0 bridgehead atoms. The van der Waals surface area contributed by atoms with E-state index < -0.39 is 35.9 Å². The number of piperidine rings is 1. The molecule has 0 radical (unpaired) electrons. The third kappa shape index (κ3) is 8.28. The van der Waals surface area contributed by atoms with Crippen molar-refractivity contribution in [3.63, 3.8) is 0 Å². The molecule has 0 amide bonds. The van der Waals surface area contributed by atoms with Gasteiger partial charge in [-0.2, -0.15) is 18.3 Å². The Labute approximate surface area is 271 Å². The SMILES string of the molecule is CC[C@@H]1CC(N(Cc2cc(F)cc(C(F)(F)F)c2)c2ncc(-c3cnn(C)c3)cn2)C[C@H](CC)N1C(O)OC1CCC(C(=O)O)CC1. The van der Waals surface area contributed by atoms with Crippen LogP contribution in [0.4, 0.5) is 23.5 Å². The van der Waals surface area contributed by atoms with Gasteiger partial charge in [0.25, 0.3) is 0 Å². The number of ether oxygens (including phenoxy) is 1. The molecule has 2 aliphatic rings. The first-order valence-electron chi connectivity index (χ1n) is 16.1. The summed E-state index contributed by atoms with van der Waals surface area (Å²) >= 11 is 0. The Bertz CT molecular complexity index is 1480. The molecule has 2 aromatic heterocycles. The van der Waals surface area contributed by atoms with Gasteiger partial charge in [-0.05, 0) is 75.1 Å². The van der Waals surface area contributed by atoms with Crippen molar-refractivity contribution in [1.82, 2.24) is 24.6 Å². The van der Waals surface area contributed by atoms with Crippen LogP contribution in [0.15, 0.2) is 43.0 Å². The van der Waals surface area contributed by atoms with E-state index in [-0.39, 0.29) is 36.3 Å². The van der Waals surface area contributed by atoms with Crippen LogP contribution in [0.1, 0.15) is 76.3 Å². The topological polar surface area (TPSA) is 117 Å². The number of carbonyl (C=O) groups is 1. The van der Waals surface area contributed by atoms with E-state index >= 15 is 0 Å². The normalized spacial score (nSPS) is 24.6. The first kappa shape index (κ1) is 34.7. The molecule has 3 aromatic rings. The molecular formula is C33H42F4N6O4. The average Bonchev–Trinajstić information content (AvgIpc) is 3.48.